The second-order valence-electron chi connectivity index (χ2n) is 8.88. The summed E-state index contributed by atoms with van der Waals surface area (Å²) in [6.45, 7) is 6.96. The molecule has 2 nitrogen and oxygen atoms in total. The Bertz CT molecular complexity index is 609. The Morgan fingerprint density at radius 1 is 1.09 bits per heavy atom. The fourth-order valence-corrected chi connectivity index (χ4v) is 7.62. The maximum Gasteiger partial charge on any atom is 0.168 e. The van der Waals surface area contributed by atoms with Gasteiger partial charge in [-0.2, -0.15) is 0 Å². The minimum Gasteiger partial charge on any atom is -0.299 e. The molecule has 23 heavy (non-hydrogen) atoms. The number of carbonyl (C=O) groups is 2. The number of Topliss-reactive ketones (excluding diaryl/α,β-unsaturated/α-hetero) is 1. The topological polar surface area (TPSA) is 34.1 Å². The van der Waals surface area contributed by atoms with E-state index in [0.717, 1.165) is 25.7 Å². The molecule has 3 fully saturated rings. The fourth-order valence-electron chi connectivity index (χ4n) is 6.69. The minimum atomic E-state index is -0.0454. The van der Waals surface area contributed by atoms with Crippen LogP contribution in [0.25, 0.3) is 0 Å². The number of allylic oxidation sites excluding steroid dienone is 1. The van der Waals surface area contributed by atoms with Gasteiger partial charge in [0.1, 0.15) is 5.78 Å². The summed E-state index contributed by atoms with van der Waals surface area (Å²) in [5.41, 5.74) is 1.53. The van der Waals surface area contributed by atoms with Gasteiger partial charge < -0.3 is 0 Å². The molecule has 4 rings (SSSR count). The Labute approximate surface area is 153 Å². The van der Waals surface area contributed by atoms with Crippen molar-refractivity contribution in [1.29, 1.82) is 0 Å². The molecular formula is C20H27IO2. The standard InChI is InChI=1S/C20H27IO2/c1-11-18(21)16(22)10-12-4-5-13-14-6-7-17(23)19(14,2)9-8-15(13)20(11,12)3/h10-11,13-15,18H,4-9H2,1-3H3/t11-,13?,14?,15?,18-,19?,20?/m0/s1. The molecule has 0 bridgehead atoms. The number of halogens is 1. The van der Waals surface area contributed by atoms with E-state index in [-0.39, 0.29) is 14.8 Å². The summed E-state index contributed by atoms with van der Waals surface area (Å²) >= 11 is 2.36. The molecule has 0 aliphatic heterocycles. The zero-order valence-electron chi connectivity index (χ0n) is 14.4. The Balaban J connectivity index is 1.75. The third kappa shape index (κ3) is 1.98. The Kier molecular flexibility index (Phi) is 3.65. The van der Waals surface area contributed by atoms with Gasteiger partial charge in [-0.3, -0.25) is 9.59 Å². The van der Waals surface area contributed by atoms with Gasteiger partial charge in [0, 0.05) is 11.8 Å². The SMILES string of the molecule is C[C@H]1[C@H](I)C(=O)C=C2CCC3C4CCC(=O)C4(C)CCC3C21C. The third-order valence-electron chi connectivity index (χ3n) is 8.33. The third-order valence-corrected chi connectivity index (χ3v) is 10.0. The Morgan fingerprint density at radius 2 is 1.83 bits per heavy atom. The summed E-state index contributed by atoms with van der Waals surface area (Å²) in [7, 11) is 0. The molecule has 0 aromatic heterocycles. The van der Waals surface area contributed by atoms with Gasteiger partial charge >= 0.3 is 0 Å². The van der Waals surface area contributed by atoms with Gasteiger partial charge in [0.25, 0.3) is 0 Å². The first-order valence-electron chi connectivity index (χ1n) is 9.22. The lowest BCUT2D eigenvalue weighted by molar-refractivity contribution is -0.133. The number of hydrogen-bond acceptors (Lipinski definition) is 2. The van der Waals surface area contributed by atoms with Crippen LogP contribution in [0.1, 0.15) is 59.3 Å². The highest BCUT2D eigenvalue weighted by Gasteiger charge is 2.61. The minimum absolute atomic E-state index is 0.0454. The van der Waals surface area contributed by atoms with E-state index in [0.29, 0.717) is 35.2 Å². The summed E-state index contributed by atoms with van der Waals surface area (Å²) in [6.07, 6.45) is 8.37. The predicted molar refractivity (Wildman–Crippen MR) is 99.5 cm³/mol. The number of ketones is 2. The Morgan fingerprint density at radius 3 is 2.57 bits per heavy atom. The van der Waals surface area contributed by atoms with E-state index in [2.05, 4.69) is 43.4 Å². The van der Waals surface area contributed by atoms with E-state index >= 15 is 0 Å². The van der Waals surface area contributed by atoms with Crippen LogP contribution in [0.5, 0.6) is 0 Å². The van der Waals surface area contributed by atoms with Gasteiger partial charge in [-0.15, -0.1) is 0 Å². The number of carbonyl (C=O) groups excluding carboxylic acids is 2. The molecule has 4 aliphatic carbocycles. The lowest BCUT2D eigenvalue weighted by Gasteiger charge is -2.59. The molecule has 4 aliphatic rings. The molecule has 7 atom stereocenters. The summed E-state index contributed by atoms with van der Waals surface area (Å²) in [4.78, 5) is 24.8. The first-order valence-corrected chi connectivity index (χ1v) is 10.5. The lowest BCUT2D eigenvalue weighted by atomic mass is 9.45. The van der Waals surface area contributed by atoms with Gasteiger partial charge in [0.2, 0.25) is 0 Å². The molecule has 126 valence electrons. The molecule has 0 N–H and O–H groups in total. The smallest absolute Gasteiger partial charge is 0.168 e. The maximum absolute atomic E-state index is 12.5. The average molecular weight is 426 g/mol. The highest BCUT2D eigenvalue weighted by atomic mass is 127. The highest BCUT2D eigenvalue weighted by Crippen LogP contribution is 2.65. The number of alkyl halides is 1. The van der Waals surface area contributed by atoms with E-state index in [1.165, 1.54) is 18.4 Å². The first-order chi connectivity index (χ1) is 10.8. The molecule has 3 saturated carbocycles. The molecular weight excluding hydrogens is 399 g/mol. The van der Waals surface area contributed by atoms with Crippen molar-refractivity contribution in [3.05, 3.63) is 11.6 Å². The van der Waals surface area contributed by atoms with Crippen LogP contribution in [0.2, 0.25) is 0 Å². The van der Waals surface area contributed by atoms with Crippen molar-refractivity contribution in [2.75, 3.05) is 0 Å². The maximum atomic E-state index is 12.5. The van der Waals surface area contributed by atoms with E-state index < -0.39 is 0 Å². The molecule has 0 aromatic rings. The van der Waals surface area contributed by atoms with Crippen molar-refractivity contribution in [1.82, 2.24) is 0 Å². The second-order valence-corrected chi connectivity index (χ2v) is 10.2. The average Bonchev–Trinajstić information content (AvgIpc) is 2.83. The molecule has 0 spiro atoms. The van der Waals surface area contributed by atoms with Crippen LogP contribution in [0.4, 0.5) is 0 Å². The van der Waals surface area contributed by atoms with Crippen LogP contribution in [-0.4, -0.2) is 15.5 Å². The lowest BCUT2D eigenvalue weighted by Crippen LogP contribution is -2.55. The van der Waals surface area contributed by atoms with Crippen molar-refractivity contribution in [2.45, 2.75) is 63.2 Å². The van der Waals surface area contributed by atoms with Crippen molar-refractivity contribution in [2.24, 2.45) is 34.5 Å². The van der Waals surface area contributed by atoms with Crippen LogP contribution in [0.3, 0.4) is 0 Å². The van der Waals surface area contributed by atoms with Crippen molar-refractivity contribution in [3.63, 3.8) is 0 Å². The summed E-state index contributed by atoms with van der Waals surface area (Å²) in [5, 5.41) is 0. The van der Waals surface area contributed by atoms with Crippen molar-refractivity contribution >= 4 is 34.2 Å². The number of hydrogen-bond donors (Lipinski definition) is 0. The zero-order valence-corrected chi connectivity index (χ0v) is 16.6. The molecule has 0 aromatic carbocycles. The molecule has 5 unspecified atom stereocenters. The molecule has 0 amide bonds. The van der Waals surface area contributed by atoms with Gasteiger partial charge in [-0.05, 0) is 67.3 Å². The van der Waals surface area contributed by atoms with Crippen LogP contribution >= 0.6 is 22.6 Å². The molecule has 0 radical (unpaired) electrons. The van der Waals surface area contributed by atoms with Gasteiger partial charge in [-0.1, -0.05) is 48.9 Å². The van der Waals surface area contributed by atoms with Crippen molar-refractivity contribution < 1.29 is 9.59 Å². The van der Waals surface area contributed by atoms with Crippen LogP contribution < -0.4 is 0 Å². The number of rotatable bonds is 0. The van der Waals surface area contributed by atoms with E-state index in [1.54, 1.807) is 0 Å². The van der Waals surface area contributed by atoms with Crippen LogP contribution in [0.15, 0.2) is 11.6 Å². The Hall–Kier alpha value is -0.190. The quantitative estimate of drug-likeness (QED) is 0.414. The van der Waals surface area contributed by atoms with E-state index in [1.807, 2.05) is 6.08 Å². The zero-order chi connectivity index (χ0) is 16.6. The molecule has 3 heteroatoms. The van der Waals surface area contributed by atoms with Crippen molar-refractivity contribution in [3.8, 4) is 0 Å². The monoisotopic (exact) mass is 426 g/mol. The number of fused-ring (bicyclic) bond motifs is 5. The van der Waals surface area contributed by atoms with Crippen LogP contribution in [0, 0.1) is 34.5 Å². The van der Waals surface area contributed by atoms with Gasteiger partial charge in [0.05, 0.1) is 3.92 Å². The summed E-state index contributed by atoms with van der Waals surface area (Å²) in [6, 6.07) is 0. The fraction of sp³-hybridized carbons (Fsp3) is 0.800. The molecule has 0 saturated heterocycles. The second kappa shape index (κ2) is 5.15. The highest BCUT2D eigenvalue weighted by molar-refractivity contribution is 14.1. The van der Waals surface area contributed by atoms with E-state index in [4.69, 9.17) is 0 Å². The summed E-state index contributed by atoms with van der Waals surface area (Å²) in [5.74, 6) is 3.18. The summed E-state index contributed by atoms with van der Waals surface area (Å²) < 4.78 is 0.110. The largest absolute Gasteiger partial charge is 0.299 e. The van der Waals surface area contributed by atoms with Gasteiger partial charge in [-0.25, -0.2) is 0 Å². The predicted octanol–water partition coefficient (Wildman–Crippen LogP) is 4.75. The molecule has 0 heterocycles. The first kappa shape index (κ1) is 16.3. The van der Waals surface area contributed by atoms with Crippen LogP contribution in [-0.2, 0) is 9.59 Å². The normalized spacial score (nSPS) is 52.5. The van der Waals surface area contributed by atoms with E-state index in [9.17, 15) is 9.59 Å². The van der Waals surface area contributed by atoms with Gasteiger partial charge in [0.15, 0.2) is 5.78 Å².